The molecule has 2 nitrogen and oxygen atoms in total. The Hall–Kier alpha value is -0.0800. The van der Waals surface area contributed by atoms with E-state index >= 15 is 0 Å². The quantitative estimate of drug-likeness (QED) is 0.789. The van der Waals surface area contributed by atoms with Gasteiger partial charge in [-0.3, -0.25) is 0 Å². The number of nitrogens with zero attached hydrogens (tertiary/aromatic N) is 1. The lowest BCUT2D eigenvalue weighted by atomic mass is 9.82. The molecule has 2 aliphatic heterocycles. The summed E-state index contributed by atoms with van der Waals surface area (Å²) < 4.78 is 0. The number of hydrogen-bond acceptors (Lipinski definition) is 2. The Labute approximate surface area is 101 Å². The molecule has 2 saturated heterocycles. The first-order valence-electron chi connectivity index (χ1n) is 7.09. The number of rotatable bonds is 4. The SMILES string of the molecule is CC1(C)CCN(CCCC2CCNC2)CC1. The smallest absolute Gasteiger partial charge is 0.00136 e. The molecule has 2 heteroatoms. The summed E-state index contributed by atoms with van der Waals surface area (Å²) in [4.78, 5) is 2.67. The summed E-state index contributed by atoms with van der Waals surface area (Å²) in [5.74, 6) is 0.973. The maximum atomic E-state index is 3.46. The largest absolute Gasteiger partial charge is 0.316 e. The van der Waals surface area contributed by atoms with E-state index in [4.69, 9.17) is 0 Å². The van der Waals surface area contributed by atoms with Crippen molar-refractivity contribution < 1.29 is 0 Å². The Balaban J connectivity index is 1.56. The molecular weight excluding hydrogens is 196 g/mol. The average Bonchev–Trinajstić information content (AvgIpc) is 2.73. The molecule has 0 radical (unpaired) electrons. The summed E-state index contributed by atoms with van der Waals surface area (Å²) in [5.41, 5.74) is 0.603. The van der Waals surface area contributed by atoms with Gasteiger partial charge in [0, 0.05) is 0 Å². The number of hydrogen-bond donors (Lipinski definition) is 1. The van der Waals surface area contributed by atoms with E-state index in [1.807, 2.05) is 0 Å². The van der Waals surface area contributed by atoms with Crippen molar-refractivity contribution >= 4 is 0 Å². The van der Waals surface area contributed by atoms with Gasteiger partial charge in [-0.15, -0.1) is 0 Å². The lowest BCUT2D eigenvalue weighted by Crippen LogP contribution is -2.37. The lowest BCUT2D eigenvalue weighted by Gasteiger charge is -2.37. The van der Waals surface area contributed by atoms with Gasteiger partial charge in [-0.05, 0) is 76.2 Å². The minimum absolute atomic E-state index is 0.603. The number of nitrogens with one attached hydrogen (secondary N) is 1. The highest BCUT2D eigenvalue weighted by atomic mass is 15.1. The second kappa shape index (κ2) is 5.50. The van der Waals surface area contributed by atoms with Crippen molar-refractivity contribution in [2.45, 2.75) is 46.0 Å². The maximum Gasteiger partial charge on any atom is -0.00136 e. The van der Waals surface area contributed by atoms with Crippen LogP contribution < -0.4 is 5.32 Å². The Kier molecular flexibility index (Phi) is 4.26. The highest BCUT2D eigenvalue weighted by Crippen LogP contribution is 2.29. The molecule has 2 heterocycles. The third-order valence-corrected chi connectivity index (χ3v) is 4.46. The zero-order valence-corrected chi connectivity index (χ0v) is 11.1. The number of likely N-dealkylation sites (tertiary alicyclic amines) is 1. The molecule has 1 unspecified atom stereocenters. The zero-order valence-electron chi connectivity index (χ0n) is 11.1. The summed E-state index contributed by atoms with van der Waals surface area (Å²) >= 11 is 0. The van der Waals surface area contributed by atoms with E-state index in [0.29, 0.717) is 5.41 Å². The molecule has 0 bridgehead atoms. The van der Waals surface area contributed by atoms with Crippen LogP contribution in [0.3, 0.4) is 0 Å². The van der Waals surface area contributed by atoms with Gasteiger partial charge < -0.3 is 10.2 Å². The molecule has 1 atom stereocenters. The fraction of sp³-hybridized carbons (Fsp3) is 1.00. The Morgan fingerprint density at radius 1 is 1.25 bits per heavy atom. The average molecular weight is 224 g/mol. The molecule has 0 aliphatic carbocycles. The van der Waals surface area contributed by atoms with E-state index in [1.54, 1.807) is 0 Å². The van der Waals surface area contributed by atoms with Crippen molar-refractivity contribution in [3.8, 4) is 0 Å². The summed E-state index contributed by atoms with van der Waals surface area (Å²) in [5, 5.41) is 3.46. The topological polar surface area (TPSA) is 15.3 Å². The van der Waals surface area contributed by atoms with Gasteiger partial charge in [0.1, 0.15) is 0 Å². The van der Waals surface area contributed by atoms with Crippen molar-refractivity contribution in [2.24, 2.45) is 11.3 Å². The zero-order chi connectivity index (χ0) is 11.4. The van der Waals surface area contributed by atoms with Gasteiger partial charge in [-0.25, -0.2) is 0 Å². The van der Waals surface area contributed by atoms with Gasteiger partial charge >= 0.3 is 0 Å². The third kappa shape index (κ3) is 3.74. The van der Waals surface area contributed by atoms with Crippen LogP contribution in [0.15, 0.2) is 0 Å². The Bertz CT molecular complexity index is 197. The van der Waals surface area contributed by atoms with Gasteiger partial charge in [0.15, 0.2) is 0 Å². The molecule has 94 valence electrons. The van der Waals surface area contributed by atoms with Crippen LogP contribution in [0.2, 0.25) is 0 Å². The molecule has 0 aromatic heterocycles. The molecule has 2 fully saturated rings. The molecule has 2 aliphatic rings. The minimum atomic E-state index is 0.603. The molecule has 0 amide bonds. The first-order chi connectivity index (χ1) is 7.66. The fourth-order valence-electron chi connectivity index (χ4n) is 2.95. The predicted molar refractivity (Wildman–Crippen MR) is 69.7 cm³/mol. The summed E-state index contributed by atoms with van der Waals surface area (Å²) in [6.07, 6.45) is 7.03. The third-order valence-electron chi connectivity index (χ3n) is 4.46. The molecule has 1 N–H and O–H groups in total. The van der Waals surface area contributed by atoms with Crippen LogP contribution in [0.5, 0.6) is 0 Å². The minimum Gasteiger partial charge on any atom is -0.316 e. The van der Waals surface area contributed by atoms with E-state index in [9.17, 15) is 0 Å². The molecule has 0 spiro atoms. The Morgan fingerprint density at radius 2 is 2.00 bits per heavy atom. The first-order valence-corrected chi connectivity index (χ1v) is 7.09. The van der Waals surface area contributed by atoms with Crippen LogP contribution in [-0.2, 0) is 0 Å². The van der Waals surface area contributed by atoms with Crippen LogP contribution in [-0.4, -0.2) is 37.6 Å². The van der Waals surface area contributed by atoms with E-state index in [-0.39, 0.29) is 0 Å². The van der Waals surface area contributed by atoms with Crippen LogP contribution in [0.4, 0.5) is 0 Å². The molecule has 0 aromatic carbocycles. The first kappa shape index (κ1) is 12.4. The van der Waals surface area contributed by atoms with Crippen molar-refractivity contribution in [3.05, 3.63) is 0 Å². The van der Waals surface area contributed by atoms with Gasteiger partial charge in [-0.2, -0.15) is 0 Å². The van der Waals surface area contributed by atoms with E-state index in [1.165, 1.54) is 64.8 Å². The summed E-state index contributed by atoms with van der Waals surface area (Å²) in [6.45, 7) is 11.3. The highest BCUT2D eigenvalue weighted by molar-refractivity contribution is 4.79. The molecule has 0 aromatic rings. The van der Waals surface area contributed by atoms with E-state index in [2.05, 4.69) is 24.1 Å². The van der Waals surface area contributed by atoms with Crippen LogP contribution in [0.1, 0.15) is 46.0 Å². The van der Waals surface area contributed by atoms with Gasteiger partial charge in [0.05, 0.1) is 0 Å². The van der Waals surface area contributed by atoms with Gasteiger partial charge in [-0.1, -0.05) is 13.8 Å². The van der Waals surface area contributed by atoms with Crippen LogP contribution in [0.25, 0.3) is 0 Å². The van der Waals surface area contributed by atoms with Crippen LogP contribution >= 0.6 is 0 Å². The van der Waals surface area contributed by atoms with Crippen molar-refractivity contribution in [2.75, 3.05) is 32.7 Å². The lowest BCUT2D eigenvalue weighted by molar-refractivity contribution is 0.130. The van der Waals surface area contributed by atoms with Crippen LogP contribution in [0, 0.1) is 11.3 Å². The van der Waals surface area contributed by atoms with Crippen molar-refractivity contribution in [1.82, 2.24) is 10.2 Å². The molecular formula is C14H28N2. The standard InChI is InChI=1S/C14H28N2/c1-14(2)6-10-16(11-7-14)9-3-4-13-5-8-15-12-13/h13,15H,3-12H2,1-2H3. The molecule has 2 rings (SSSR count). The fourth-order valence-corrected chi connectivity index (χ4v) is 2.95. The van der Waals surface area contributed by atoms with E-state index < -0.39 is 0 Å². The second-order valence-corrected chi connectivity index (χ2v) is 6.51. The Morgan fingerprint density at radius 3 is 2.62 bits per heavy atom. The van der Waals surface area contributed by atoms with E-state index in [0.717, 1.165) is 5.92 Å². The monoisotopic (exact) mass is 224 g/mol. The molecule has 16 heavy (non-hydrogen) atoms. The van der Waals surface area contributed by atoms with Gasteiger partial charge in [0.25, 0.3) is 0 Å². The number of piperidine rings is 1. The summed E-state index contributed by atoms with van der Waals surface area (Å²) in [6, 6.07) is 0. The highest BCUT2D eigenvalue weighted by Gasteiger charge is 2.25. The molecule has 0 saturated carbocycles. The second-order valence-electron chi connectivity index (χ2n) is 6.51. The van der Waals surface area contributed by atoms with Crippen molar-refractivity contribution in [1.29, 1.82) is 0 Å². The summed E-state index contributed by atoms with van der Waals surface area (Å²) in [7, 11) is 0. The van der Waals surface area contributed by atoms with Crippen molar-refractivity contribution in [3.63, 3.8) is 0 Å². The predicted octanol–water partition coefficient (Wildman–Crippen LogP) is 2.50. The van der Waals surface area contributed by atoms with Gasteiger partial charge in [0.2, 0.25) is 0 Å². The maximum absolute atomic E-state index is 3.46. The normalized spacial score (nSPS) is 30.8.